The SMILES string of the molecule is CC(C)C1CCCCN(C(=O)/C=C/CN(C)C)C1. The monoisotopic (exact) mass is 252 g/mol. The van der Waals surface area contributed by atoms with E-state index in [2.05, 4.69) is 18.7 Å². The van der Waals surface area contributed by atoms with Crippen molar-refractivity contribution in [3.8, 4) is 0 Å². The van der Waals surface area contributed by atoms with Gasteiger partial charge in [-0.25, -0.2) is 0 Å². The zero-order valence-electron chi connectivity index (χ0n) is 12.4. The molecule has 1 aliphatic heterocycles. The molecule has 1 atom stereocenters. The minimum absolute atomic E-state index is 0.185. The van der Waals surface area contributed by atoms with Crippen LogP contribution in [0.3, 0.4) is 0 Å². The third-order valence-electron chi connectivity index (χ3n) is 3.69. The maximum atomic E-state index is 12.1. The van der Waals surface area contributed by atoms with Gasteiger partial charge in [0.25, 0.3) is 0 Å². The van der Waals surface area contributed by atoms with Gasteiger partial charge in [-0.15, -0.1) is 0 Å². The van der Waals surface area contributed by atoms with Crippen LogP contribution in [0.4, 0.5) is 0 Å². The molecule has 0 radical (unpaired) electrons. The summed E-state index contributed by atoms with van der Waals surface area (Å²) in [5, 5.41) is 0. The van der Waals surface area contributed by atoms with Gasteiger partial charge in [-0.2, -0.15) is 0 Å². The van der Waals surface area contributed by atoms with Gasteiger partial charge in [0.2, 0.25) is 5.91 Å². The van der Waals surface area contributed by atoms with Crippen molar-refractivity contribution in [1.29, 1.82) is 0 Å². The van der Waals surface area contributed by atoms with Crippen LogP contribution < -0.4 is 0 Å². The first-order valence-electron chi connectivity index (χ1n) is 7.11. The minimum atomic E-state index is 0.185. The number of carbonyl (C=O) groups excluding carboxylic acids is 1. The summed E-state index contributed by atoms with van der Waals surface area (Å²) in [6.45, 7) is 7.21. The number of likely N-dealkylation sites (tertiary alicyclic amines) is 1. The zero-order chi connectivity index (χ0) is 13.5. The lowest BCUT2D eigenvalue weighted by molar-refractivity contribution is -0.126. The molecular weight excluding hydrogens is 224 g/mol. The Kier molecular flexibility index (Phi) is 6.41. The number of hydrogen-bond donors (Lipinski definition) is 0. The summed E-state index contributed by atoms with van der Waals surface area (Å²) < 4.78 is 0. The highest BCUT2D eigenvalue weighted by atomic mass is 16.2. The summed E-state index contributed by atoms with van der Waals surface area (Å²) >= 11 is 0. The Morgan fingerprint density at radius 2 is 2.11 bits per heavy atom. The van der Waals surface area contributed by atoms with E-state index in [4.69, 9.17) is 0 Å². The van der Waals surface area contributed by atoms with Crippen molar-refractivity contribution >= 4 is 5.91 Å². The van der Waals surface area contributed by atoms with Crippen molar-refractivity contribution in [2.75, 3.05) is 33.7 Å². The van der Waals surface area contributed by atoms with Crippen molar-refractivity contribution in [2.45, 2.75) is 33.1 Å². The number of likely N-dealkylation sites (N-methyl/N-ethyl adjacent to an activating group) is 1. The highest BCUT2D eigenvalue weighted by Crippen LogP contribution is 2.23. The van der Waals surface area contributed by atoms with Gasteiger partial charge in [0.15, 0.2) is 0 Å². The third-order valence-corrected chi connectivity index (χ3v) is 3.69. The standard InChI is InChI=1S/C15H28N2O/c1-13(2)14-8-5-6-11-17(12-14)15(18)9-7-10-16(3)4/h7,9,13-14H,5-6,8,10-12H2,1-4H3/b9-7+. The fourth-order valence-corrected chi connectivity index (χ4v) is 2.39. The van der Waals surface area contributed by atoms with Crippen LogP contribution in [0.2, 0.25) is 0 Å². The van der Waals surface area contributed by atoms with E-state index in [1.165, 1.54) is 12.8 Å². The molecule has 1 saturated heterocycles. The molecule has 0 aromatic rings. The molecule has 1 rings (SSSR count). The van der Waals surface area contributed by atoms with Crippen LogP contribution in [0.5, 0.6) is 0 Å². The number of hydrogen-bond acceptors (Lipinski definition) is 2. The number of amides is 1. The Hall–Kier alpha value is -0.830. The van der Waals surface area contributed by atoms with Crippen LogP contribution in [-0.2, 0) is 4.79 Å². The first-order chi connectivity index (χ1) is 8.50. The molecule has 0 saturated carbocycles. The molecule has 1 amide bonds. The summed E-state index contributed by atoms with van der Waals surface area (Å²) in [5.74, 6) is 1.52. The topological polar surface area (TPSA) is 23.6 Å². The van der Waals surface area contributed by atoms with Gasteiger partial charge >= 0.3 is 0 Å². The lowest BCUT2D eigenvalue weighted by Gasteiger charge is -2.25. The Morgan fingerprint density at radius 3 is 2.72 bits per heavy atom. The quantitative estimate of drug-likeness (QED) is 0.717. The average molecular weight is 252 g/mol. The Labute approximate surface area is 112 Å². The number of rotatable bonds is 4. The summed E-state index contributed by atoms with van der Waals surface area (Å²) in [6, 6.07) is 0. The first kappa shape index (κ1) is 15.2. The molecule has 18 heavy (non-hydrogen) atoms. The van der Waals surface area contributed by atoms with Gasteiger partial charge in [0.1, 0.15) is 0 Å². The van der Waals surface area contributed by atoms with Gasteiger partial charge < -0.3 is 9.80 Å². The summed E-state index contributed by atoms with van der Waals surface area (Å²) in [6.07, 6.45) is 7.37. The third kappa shape index (κ3) is 5.21. The van der Waals surface area contributed by atoms with Crippen LogP contribution in [0, 0.1) is 11.8 Å². The van der Waals surface area contributed by atoms with E-state index >= 15 is 0 Å². The van der Waals surface area contributed by atoms with E-state index in [1.807, 2.05) is 25.1 Å². The lowest BCUT2D eigenvalue weighted by atomic mass is 9.91. The van der Waals surface area contributed by atoms with Gasteiger partial charge in [-0.3, -0.25) is 4.79 Å². The van der Waals surface area contributed by atoms with Crippen LogP contribution in [0.1, 0.15) is 33.1 Å². The van der Waals surface area contributed by atoms with Crippen molar-refractivity contribution in [3.63, 3.8) is 0 Å². The van der Waals surface area contributed by atoms with E-state index in [0.717, 1.165) is 26.1 Å². The second-order valence-electron chi connectivity index (χ2n) is 5.95. The van der Waals surface area contributed by atoms with Crippen molar-refractivity contribution in [2.24, 2.45) is 11.8 Å². The molecule has 3 nitrogen and oxygen atoms in total. The fourth-order valence-electron chi connectivity index (χ4n) is 2.39. The highest BCUT2D eigenvalue weighted by molar-refractivity contribution is 5.87. The molecule has 1 fully saturated rings. The molecule has 1 unspecified atom stereocenters. The maximum Gasteiger partial charge on any atom is 0.246 e. The molecule has 0 aromatic heterocycles. The molecule has 0 spiro atoms. The second kappa shape index (κ2) is 7.57. The van der Waals surface area contributed by atoms with E-state index in [9.17, 15) is 4.79 Å². The maximum absolute atomic E-state index is 12.1. The van der Waals surface area contributed by atoms with E-state index in [0.29, 0.717) is 11.8 Å². The molecule has 104 valence electrons. The van der Waals surface area contributed by atoms with Crippen LogP contribution in [0.25, 0.3) is 0 Å². The smallest absolute Gasteiger partial charge is 0.246 e. The van der Waals surface area contributed by atoms with Gasteiger partial charge in [0.05, 0.1) is 0 Å². The summed E-state index contributed by atoms with van der Waals surface area (Å²) in [5.41, 5.74) is 0. The molecule has 1 heterocycles. The van der Waals surface area contributed by atoms with Crippen molar-refractivity contribution < 1.29 is 4.79 Å². The van der Waals surface area contributed by atoms with Crippen molar-refractivity contribution in [3.05, 3.63) is 12.2 Å². The lowest BCUT2D eigenvalue weighted by Crippen LogP contribution is -2.34. The number of carbonyl (C=O) groups is 1. The predicted octanol–water partition coefficient (Wildman–Crippen LogP) is 2.39. The van der Waals surface area contributed by atoms with Crippen LogP contribution >= 0.6 is 0 Å². The molecule has 0 aromatic carbocycles. The van der Waals surface area contributed by atoms with Crippen LogP contribution in [-0.4, -0.2) is 49.4 Å². The van der Waals surface area contributed by atoms with Crippen LogP contribution in [0.15, 0.2) is 12.2 Å². The zero-order valence-corrected chi connectivity index (χ0v) is 12.4. The first-order valence-corrected chi connectivity index (χ1v) is 7.11. The predicted molar refractivity (Wildman–Crippen MR) is 76.5 cm³/mol. The summed E-state index contributed by atoms with van der Waals surface area (Å²) in [7, 11) is 4.02. The Bertz CT molecular complexity index is 284. The molecule has 0 aliphatic carbocycles. The average Bonchev–Trinajstić information content (AvgIpc) is 2.53. The van der Waals surface area contributed by atoms with E-state index in [1.54, 1.807) is 6.08 Å². The molecule has 0 N–H and O–H groups in total. The van der Waals surface area contributed by atoms with Gasteiger partial charge in [-0.1, -0.05) is 26.3 Å². The van der Waals surface area contributed by atoms with Gasteiger partial charge in [-0.05, 0) is 38.8 Å². The van der Waals surface area contributed by atoms with E-state index < -0.39 is 0 Å². The Morgan fingerprint density at radius 1 is 1.39 bits per heavy atom. The largest absolute Gasteiger partial charge is 0.339 e. The molecule has 3 heteroatoms. The minimum Gasteiger partial charge on any atom is -0.339 e. The highest BCUT2D eigenvalue weighted by Gasteiger charge is 2.22. The molecule has 1 aliphatic rings. The number of nitrogens with zero attached hydrogens (tertiary/aromatic N) is 2. The summed E-state index contributed by atoms with van der Waals surface area (Å²) in [4.78, 5) is 16.2. The molecular formula is C15H28N2O. The van der Waals surface area contributed by atoms with Gasteiger partial charge in [0, 0.05) is 25.7 Å². The molecule has 0 bridgehead atoms. The Balaban J connectivity index is 2.52. The fraction of sp³-hybridized carbons (Fsp3) is 0.800. The second-order valence-corrected chi connectivity index (χ2v) is 5.95. The van der Waals surface area contributed by atoms with Crippen molar-refractivity contribution in [1.82, 2.24) is 9.80 Å². The normalized spacial score (nSPS) is 21.9. The van der Waals surface area contributed by atoms with E-state index in [-0.39, 0.29) is 5.91 Å².